The summed E-state index contributed by atoms with van der Waals surface area (Å²) < 4.78 is 0. The number of hydrogen-bond acceptors (Lipinski definition) is 3. The SMILES string of the molecule is O=C(CSc1ccc(NC(=O)Nc2ccccc2)cc1)Nc1ccc2ccccc2c1. The number of fused-ring (bicyclic) bond motifs is 1. The van der Waals surface area contributed by atoms with E-state index in [0.717, 1.165) is 27.0 Å². The van der Waals surface area contributed by atoms with Crippen molar-refractivity contribution in [3.05, 3.63) is 97.1 Å². The molecule has 0 spiro atoms. The zero-order valence-corrected chi connectivity index (χ0v) is 17.5. The Kier molecular flexibility index (Phi) is 6.50. The van der Waals surface area contributed by atoms with Crippen LogP contribution < -0.4 is 16.0 Å². The number of para-hydroxylation sites is 1. The molecule has 4 aromatic rings. The third kappa shape index (κ3) is 5.87. The second-order valence-electron chi connectivity index (χ2n) is 6.87. The van der Waals surface area contributed by atoms with Crippen molar-refractivity contribution in [2.45, 2.75) is 4.90 Å². The van der Waals surface area contributed by atoms with E-state index in [1.165, 1.54) is 11.8 Å². The van der Waals surface area contributed by atoms with E-state index in [9.17, 15) is 9.59 Å². The molecule has 154 valence electrons. The predicted molar refractivity (Wildman–Crippen MR) is 129 cm³/mol. The molecule has 0 aromatic heterocycles. The zero-order chi connectivity index (χ0) is 21.5. The second-order valence-corrected chi connectivity index (χ2v) is 7.92. The topological polar surface area (TPSA) is 70.2 Å². The van der Waals surface area contributed by atoms with E-state index in [-0.39, 0.29) is 11.9 Å². The minimum atomic E-state index is -0.304. The van der Waals surface area contributed by atoms with Gasteiger partial charge in [-0.25, -0.2) is 4.79 Å². The maximum atomic E-state index is 12.3. The maximum Gasteiger partial charge on any atom is 0.323 e. The molecule has 0 aliphatic heterocycles. The van der Waals surface area contributed by atoms with Crippen LogP contribution in [-0.4, -0.2) is 17.7 Å². The van der Waals surface area contributed by atoms with Crippen LogP contribution in [0.1, 0.15) is 0 Å². The summed E-state index contributed by atoms with van der Waals surface area (Å²) in [5.41, 5.74) is 2.19. The van der Waals surface area contributed by atoms with Crippen molar-refractivity contribution in [3.63, 3.8) is 0 Å². The van der Waals surface area contributed by atoms with Crippen molar-refractivity contribution in [3.8, 4) is 0 Å². The molecule has 0 atom stereocenters. The molecule has 3 amide bonds. The number of rotatable bonds is 6. The van der Waals surface area contributed by atoms with Gasteiger partial charge in [0.2, 0.25) is 5.91 Å². The largest absolute Gasteiger partial charge is 0.325 e. The van der Waals surface area contributed by atoms with Crippen LogP contribution in [0.5, 0.6) is 0 Å². The molecule has 6 heteroatoms. The normalized spacial score (nSPS) is 10.5. The predicted octanol–water partition coefficient (Wildman–Crippen LogP) is 6.21. The highest BCUT2D eigenvalue weighted by Gasteiger charge is 2.06. The number of urea groups is 1. The van der Waals surface area contributed by atoms with Gasteiger partial charge in [0.05, 0.1) is 5.75 Å². The summed E-state index contributed by atoms with van der Waals surface area (Å²) in [6, 6.07) is 30.3. The van der Waals surface area contributed by atoms with Crippen LogP contribution in [0.3, 0.4) is 0 Å². The monoisotopic (exact) mass is 427 g/mol. The number of carbonyl (C=O) groups excluding carboxylic acids is 2. The van der Waals surface area contributed by atoms with E-state index in [2.05, 4.69) is 16.0 Å². The molecule has 0 saturated heterocycles. The fraction of sp³-hybridized carbons (Fsp3) is 0.0400. The third-order valence-electron chi connectivity index (χ3n) is 4.55. The van der Waals surface area contributed by atoms with E-state index in [4.69, 9.17) is 0 Å². The van der Waals surface area contributed by atoms with Crippen LogP contribution >= 0.6 is 11.8 Å². The molecule has 5 nitrogen and oxygen atoms in total. The van der Waals surface area contributed by atoms with Gasteiger partial charge in [0.25, 0.3) is 0 Å². The van der Waals surface area contributed by atoms with Crippen LogP contribution in [0.25, 0.3) is 10.8 Å². The van der Waals surface area contributed by atoms with Crippen molar-refractivity contribution < 1.29 is 9.59 Å². The number of thioether (sulfide) groups is 1. The minimum Gasteiger partial charge on any atom is -0.325 e. The average molecular weight is 428 g/mol. The van der Waals surface area contributed by atoms with E-state index in [1.807, 2.05) is 97.1 Å². The zero-order valence-electron chi connectivity index (χ0n) is 16.7. The lowest BCUT2D eigenvalue weighted by Crippen LogP contribution is -2.19. The highest BCUT2D eigenvalue weighted by Crippen LogP contribution is 2.22. The smallest absolute Gasteiger partial charge is 0.323 e. The molecule has 0 bridgehead atoms. The third-order valence-corrected chi connectivity index (χ3v) is 5.56. The Bertz CT molecular complexity index is 1190. The van der Waals surface area contributed by atoms with Gasteiger partial charge in [0.15, 0.2) is 0 Å². The van der Waals surface area contributed by atoms with Crippen molar-refractivity contribution in [1.29, 1.82) is 0 Å². The lowest BCUT2D eigenvalue weighted by molar-refractivity contribution is -0.113. The highest BCUT2D eigenvalue weighted by atomic mass is 32.2. The Morgan fingerprint density at radius 3 is 1.97 bits per heavy atom. The van der Waals surface area contributed by atoms with Crippen LogP contribution in [-0.2, 0) is 4.79 Å². The molecule has 0 aliphatic carbocycles. The minimum absolute atomic E-state index is 0.0651. The Hall–Kier alpha value is -3.77. The first-order valence-corrected chi connectivity index (χ1v) is 10.8. The molecular formula is C25H21N3O2S. The summed E-state index contributed by atoms with van der Waals surface area (Å²) in [6.45, 7) is 0. The molecule has 4 rings (SSSR count). The van der Waals surface area contributed by atoms with Crippen LogP contribution in [0.2, 0.25) is 0 Å². The van der Waals surface area contributed by atoms with E-state index >= 15 is 0 Å². The molecule has 0 saturated carbocycles. The number of benzene rings is 4. The Balaban J connectivity index is 1.26. The number of hydrogen-bond donors (Lipinski definition) is 3. The number of nitrogens with one attached hydrogen (secondary N) is 3. The lowest BCUT2D eigenvalue weighted by atomic mass is 10.1. The number of carbonyl (C=O) groups is 2. The molecule has 0 radical (unpaired) electrons. The van der Waals surface area contributed by atoms with Gasteiger partial charge in [0.1, 0.15) is 0 Å². The standard InChI is InChI=1S/C25H21N3O2S/c29-24(26-22-11-10-18-6-4-5-7-19(18)16-22)17-31-23-14-12-21(13-15-23)28-25(30)27-20-8-2-1-3-9-20/h1-16H,17H2,(H,26,29)(H2,27,28,30). The van der Waals surface area contributed by atoms with Gasteiger partial charge in [-0.1, -0.05) is 48.5 Å². The Labute approximate surface area is 184 Å². The summed E-state index contributed by atoms with van der Waals surface area (Å²) in [5.74, 6) is 0.235. The van der Waals surface area contributed by atoms with E-state index in [1.54, 1.807) is 0 Å². The van der Waals surface area contributed by atoms with E-state index in [0.29, 0.717) is 11.4 Å². The molecule has 0 unspecified atom stereocenters. The molecule has 0 fully saturated rings. The van der Waals surface area contributed by atoms with Crippen molar-refractivity contribution in [2.24, 2.45) is 0 Å². The maximum absolute atomic E-state index is 12.3. The molecule has 31 heavy (non-hydrogen) atoms. The fourth-order valence-corrected chi connectivity index (χ4v) is 3.76. The van der Waals surface area contributed by atoms with Crippen LogP contribution in [0, 0.1) is 0 Å². The fourth-order valence-electron chi connectivity index (χ4n) is 3.06. The molecule has 0 aliphatic rings. The van der Waals surface area contributed by atoms with Gasteiger partial charge >= 0.3 is 6.03 Å². The van der Waals surface area contributed by atoms with Gasteiger partial charge in [-0.15, -0.1) is 11.8 Å². The first kappa shape index (κ1) is 20.5. The van der Waals surface area contributed by atoms with Gasteiger partial charge < -0.3 is 16.0 Å². The van der Waals surface area contributed by atoms with Crippen molar-refractivity contribution in [1.82, 2.24) is 0 Å². The van der Waals surface area contributed by atoms with Crippen molar-refractivity contribution >= 4 is 51.5 Å². The van der Waals surface area contributed by atoms with Crippen LogP contribution in [0.15, 0.2) is 102 Å². The lowest BCUT2D eigenvalue weighted by Gasteiger charge is -2.09. The first-order chi connectivity index (χ1) is 15.2. The molecular weight excluding hydrogens is 406 g/mol. The first-order valence-electron chi connectivity index (χ1n) is 9.80. The summed E-state index contributed by atoms with van der Waals surface area (Å²) in [4.78, 5) is 25.3. The summed E-state index contributed by atoms with van der Waals surface area (Å²) >= 11 is 1.44. The highest BCUT2D eigenvalue weighted by molar-refractivity contribution is 8.00. The van der Waals surface area contributed by atoms with Gasteiger partial charge in [-0.05, 0) is 59.3 Å². The summed E-state index contributed by atoms with van der Waals surface area (Å²) in [5, 5.41) is 10.7. The average Bonchev–Trinajstić information content (AvgIpc) is 2.79. The second kappa shape index (κ2) is 9.82. The van der Waals surface area contributed by atoms with E-state index < -0.39 is 0 Å². The van der Waals surface area contributed by atoms with Gasteiger partial charge in [-0.3, -0.25) is 4.79 Å². The summed E-state index contributed by atoms with van der Waals surface area (Å²) in [7, 11) is 0. The van der Waals surface area contributed by atoms with Gasteiger partial charge in [-0.2, -0.15) is 0 Å². The quantitative estimate of drug-likeness (QED) is 0.320. The number of amides is 3. The molecule has 3 N–H and O–H groups in total. The molecule has 0 heterocycles. The summed E-state index contributed by atoms with van der Waals surface area (Å²) in [6.07, 6.45) is 0. The van der Waals surface area contributed by atoms with Gasteiger partial charge in [0, 0.05) is 22.0 Å². The number of anilines is 3. The van der Waals surface area contributed by atoms with Crippen molar-refractivity contribution in [2.75, 3.05) is 21.7 Å². The Morgan fingerprint density at radius 1 is 0.613 bits per heavy atom. The Morgan fingerprint density at radius 2 is 1.23 bits per heavy atom. The molecule has 4 aromatic carbocycles. The van der Waals surface area contributed by atoms with Crippen LogP contribution in [0.4, 0.5) is 21.9 Å².